The lowest BCUT2D eigenvalue weighted by Gasteiger charge is -2.38. The minimum absolute atomic E-state index is 0.0303. The summed E-state index contributed by atoms with van der Waals surface area (Å²) in [6, 6.07) is 10.4. The van der Waals surface area contributed by atoms with Gasteiger partial charge in [-0.1, -0.05) is 12.1 Å². The number of carbonyl (C=O) groups excluding carboxylic acids is 3. The number of benzene rings is 1. The molecule has 4 rings (SSSR count). The Hall–Kier alpha value is -3.49. The van der Waals surface area contributed by atoms with Crippen molar-refractivity contribution in [2.75, 3.05) is 49.5 Å². The van der Waals surface area contributed by atoms with Crippen LogP contribution in [0, 0.1) is 0 Å². The maximum Gasteiger partial charge on any atom is 0.257 e. The predicted octanol–water partition coefficient (Wildman–Crippen LogP) is 2.46. The van der Waals surface area contributed by atoms with Gasteiger partial charge in [0.2, 0.25) is 11.8 Å². The van der Waals surface area contributed by atoms with E-state index in [1.165, 1.54) is 12.3 Å². The van der Waals surface area contributed by atoms with Crippen molar-refractivity contribution in [2.24, 2.45) is 0 Å². The van der Waals surface area contributed by atoms with Crippen LogP contribution in [0.1, 0.15) is 35.3 Å². The van der Waals surface area contributed by atoms with Crippen molar-refractivity contribution in [3.8, 4) is 0 Å². The Morgan fingerprint density at radius 1 is 1.03 bits per heavy atom. The number of para-hydroxylation sites is 1. The van der Waals surface area contributed by atoms with Crippen molar-refractivity contribution in [1.82, 2.24) is 14.8 Å². The van der Waals surface area contributed by atoms with E-state index >= 15 is 0 Å². The predicted molar refractivity (Wildman–Crippen MR) is 123 cm³/mol. The van der Waals surface area contributed by atoms with Gasteiger partial charge in [-0.3, -0.25) is 19.4 Å². The minimum Gasteiger partial charge on any atom is -0.367 e. The highest BCUT2D eigenvalue weighted by atomic mass is 19.1. The molecule has 1 N–H and O–H groups in total. The van der Waals surface area contributed by atoms with Gasteiger partial charge in [-0.15, -0.1) is 0 Å². The number of rotatable bonds is 6. The third-order valence-corrected chi connectivity index (χ3v) is 6.08. The number of piperidine rings is 1. The monoisotopic (exact) mass is 453 g/mol. The van der Waals surface area contributed by atoms with Gasteiger partial charge in [0.25, 0.3) is 5.91 Å². The lowest BCUT2D eigenvalue weighted by atomic mass is 10.1. The number of amides is 3. The summed E-state index contributed by atoms with van der Waals surface area (Å²) < 4.78 is 12.9. The molecular formula is C24H28FN5O3. The van der Waals surface area contributed by atoms with E-state index in [1.54, 1.807) is 28.0 Å². The molecule has 0 saturated carbocycles. The highest BCUT2D eigenvalue weighted by Gasteiger charge is 2.27. The summed E-state index contributed by atoms with van der Waals surface area (Å²) >= 11 is 0. The smallest absolute Gasteiger partial charge is 0.257 e. The molecule has 0 spiro atoms. The molecule has 0 radical (unpaired) electrons. The number of anilines is 2. The van der Waals surface area contributed by atoms with Gasteiger partial charge in [-0.2, -0.15) is 0 Å². The fraction of sp³-hybridized carbons (Fsp3) is 0.417. The van der Waals surface area contributed by atoms with Crippen LogP contribution in [0.5, 0.6) is 0 Å². The van der Waals surface area contributed by atoms with Crippen LogP contribution >= 0.6 is 0 Å². The van der Waals surface area contributed by atoms with Crippen molar-refractivity contribution in [2.45, 2.75) is 25.9 Å². The third kappa shape index (κ3) is 5.47. The lowest BCUT2D eigenvalue weighted by Crippen LogP contribution is -2.52. The Labute approximate surface area is 192 Å². The topological polar surface area (TPSA) is 85.8 Å². The lowest BCUT2D eigenvalue weighted by molar-refractivity contribution is -0.142. The number of alkyl halides is 1. The third-order valence-electron chi connectivity index (χ3n) is 6.08. The van der Waals surface area contributed by atoms with E-state index in [4.69, 9.17) is 0 Å². The number of hydrogen-bond acceptors (Lipinski definition) is 5. The number of carbonyl (C=O) groups is 3. The highest BCUT2D eigenvalue weighted by molar-refractivity contribution is 6.08. The summed E-state index contributed by atoms with van der Waals surface area (Å²) in [6.07, 6.45) is 3.83. The molecule has 9 heteroatoms. The Bertz CT molecular complexity index is 1020. The summed E-state index contributed by atoms with van der Waals surface area (Å²) in [5.41, 5.74) is 2.04. The van der Waals surface area contributed by atoms with Crippen molar-refractivity contribution in [1.29, 1.82) is 0 Å². The fourth-order valence-electron chi connectivity index (χ4n) is 4.26. The van der Waals surface area contributed by atoms with Crippen LogP contribution in [0.15, 0.2) is 42.6 Å². The molecule has 2 aromatic rings. The number of hydrogen-bond donors (Lipinski definition) is 1. The summed E-state index contributed by atoms with van der Waals surface area (Å²) in [4.78, 5) is 47.1. The van der Waals surface area contributed by atoms with Gasteiger partial charge in [0.15, 0.2) is 0 Å². The van der Waals surface area contributed by atoms with Crippen LogP contribution in [0.4, 0.5) is 15.8 Å². The van der Waals surface area contributed by atoms with Crippen LogP contribution in [0.2, 0.25) is 0 Å². The van der Waals surface area contributed by atoms with E-state index < -0.39 is 6.67 Å². The molecule has 2 fully saturated rings. The number of nitrogens with zero attached hydrogens (tertiary/aromatic N) is 4. The number of pyridine rings is 1. The van der Waals surface area contributed by atoms with E-state index in [-0.39, 0.29) is 30.0 Å². The number of halogens is 1. The molecule has 33 heavy (non-hydrogen) atoms. The van der Waals surface area contributed by atoms with E-state index in [9.17, 15) is 18.8 Å². The Kier molecular flexibility index (Phi) is 7.16. The second-order valence-corrected chi connectivity index (χ2v) is 8.28. The van der Waals surface area contributed by atoms with Crippen LogP contribution < -0.4 is 10.2 Å². The largest absolute Gasteiger partial charge is 0.367 e. The molecule has 3 heterocycles. The molecule has 0 atom stereocenters. The summed E-state index contributed by atoms with van der Waals surface area (Å²) in [5, 5.41) is 2.81. The first-order valence-electron chi connectivity index (χ1n) is 11.3. The molecular weight excluding hydrogens is 425 g/mol. The average molecular weight is 454 g/mol. The van der Waals surface area contributed by atoms with Crippen molar-refractivity contribution >= 4 is 29.1 Å². The zero-order valence-corrected chi connectivity index (χ0v) is 18.5. The van der Waals surface area contributed by atoms with Gasteiger partial charge in [0, 0.05) is 56.7 Å². The standard InChI is InChI=1S/C24H28FN5O3/c25-16-19-15-18(8-9-26-19)27-24(33)20-5-1-2-6-21(20)28-11-13-29(14-12-28)23(32)17-30-10-4-3-7-22(30)31/h1-2,5-6,8-9,15H,3-4,7,10-14,16-17H2,(H,26,27,33). The van der Waals surface area contributed by atoms with Crippen LogP contribution in [-0.4, -0.2) is 71.8 Å². The molecule has 2 aliphatic rings. The molecule has 1 aromatic heterocycles. The summed E-state index contributed by atoms with van der Waals surface area (Å²) in [6.45, 7) is 2.33. The summed E-state index contributed by atoms with van der Waals surface area (Å²) in [7, 11) is 0. The molecule has 3 amide bonds. The second kappa shape index (κ2) is 10.4. The normalized spacial score (nSPS) is 16.6. The van der Waals surface area contributed by atoms with Gasteiger partial charge in [0.05, 0.1) is 17.8 Å². The van der Waals surface area contributed by atoms with Crippen molar-refractivity contribution in [3.63, 3.8) is 0 Å². The Morgan fingerprint density at radius 3 is 2.58 bits per heavy atom. The number of nitrogens with one attached hydrogen (secondary N) is 1. The van der Waals surface area contributed by atoms with Gasteiger partial charge in [-0.05, 0) is 37.1 Å². The zero-order chi connectivity index (χ0) is 23.2. The fourth-order valence-corrected chi connectivity index (χ4v) is 4.26. The molecule has 174 valence electrons. The van der Waals surface area contributed by atoms with E-state index in [1.807, 2.05) is 12.1 Å². The van der Waals surface area contributed by atoms with Crippen molar-refractivity contribution < 1.29 is 18.8 Å². The SMILES string of the molecule is O=C(Nc1ccnc(CF)c1)c1ccccc1N1CCN(C(=O)CN2CCCCC2=O)CC1. The van der Waals surface area contributed by atoms with E-state index in [0.29, 0.717) is 50.4 Å². The van der Waals surface area contributed by atoms with Gasteiger partial charge in [-0.25, -0.2) is 4.39 Å². The molecule has 8 nitrogen and oxygen atoms in total. The first kappa shape index (κ1) is 22.7. The number of likely N-dealkylation sites (tertiary alicyclic amines) is 1. The summed E-state index contributed by atoms with van der Waals surface area (Å²) in [5.74, 6) is -0.262. The number of aromatic nitrogens is 1. The van der Waals surface area contributed by atoms with E-state index in [2.05, 4.69) is 15.2 Å². The molecule has 1 aromatic carbocycles. The molecule has 2 saturated heterocycles. The second-order valence-electron chi connectivity index (χ2n) is 8.28. The Morgan fingerprint density at radius 2 is 1.82 bits per heavy atom. The van der Waals surface area contributed by atoms with Crippen LogP contribution in [0.3, 0.4) is 0 Å². The van der Waals surface area contributed by atoms with Crippen LogP contribution in [0.25, 0.3) is 0 Å². The minimum atomic E-state index is -0.699. The zero-order valence-electron chi connectivity index (χ0n) is 18.5. The first-order valence-corrected chi connectivity index (χ1v) is 11.3. The van der Waals surface area contributed by atoms with Gasteiger partial charge < -0.3 is 20.0 Å². The van der Waals surface area contributed by atoms with Crippen molar-refractivity contribution in [3.05, 3.63) is 53.9 Å². The molecule has 0 bridgehead atoms. The molecule has 2 aliphatic heterocycles. The maximum absolute atomic E-state index is 12.9. The first-order chi connectivity index (χ1) is 16.0. The molecule has 0 unspecified atom stereocenters. The molecule has 0 aliphatic carbocycles. The highest BCUT2D eigenvalue weighted by Crippen LogP contribution is 2.23. The van der Waals surface area contributed by atoms with Crippen LogP contribution in [-0.2, 0) is 16.3 Å². The Balaban J connectivity index is 1.38. The quantitative estimate of drug-likeness (QED) is 0.726. The van der Waals surface area contributed by atoms with Gasteiger partial charge in [0.1, 0.15) is 6.67 Å². The van der Waals surface area contributed by atoms with E-state index in [0.717, 1.165) is 18.5 Å². The number of piperazine rings is 1. The average Bonchev–Trinajstić information content (AvgIpc) is 2.85. The maximum atomic E-state index is 12.9. The van der Waals surface area contributed by atoms with Gasteiger partial charge >= 0.3 is 0 Å².